The number of hydrogen-bond acceptors (Lipinski definition) is 5. The van der Waals surface area contributed by atoms with Crippen molar-refractivity contribution in [3.8, 4) is 17.0 Å². The summed E-state index contributed by atoms with van der Waals surface area (Å²) in [6.45, 7) is 1.24. The van der Waals surface area contributed by atoms with Gasteiger partial charge in [0.2, 0.25) is 5.43 Å². The number of amides is 1. The molecule has 0 saturated heterocycles. The molecular formula is C19H15ClN4O3. The van der Waals surface area contributed by atoms with Crippen molar-refractivity contribution in [2.24, 2.45) is 0 Å². The second-order valence-electron chi connectivity index (χ2n) is 6.23. The number of fused-ring (bicyclic) bond motifs is 1. The fourth-order valence-electron chi connectivity index (χ4n) is 3.16. The van der Waals surface area contributed by atoms with Crippen molar-refractivity contribution in [2.75, 3.05) is 6.54 Å². The topological polar surface area (TPSA) is 88.3 Å². The van der Waals surface area contributed by atoms with E-state index in [4.69, 9.17) is 11.6 Å². The Labute approximate surface area is 159 Å². The highest BCUT2D eigenvalue weighted by atomic mass is 35.5. The van der Waals surface area contributed by atoms with Crippen molar-refractivity contribution in [2.45, 2.75) is 13.1 Å². The quantitative estimate of drug-likeness (QED) is 0.751. The third kappa shape index (κ3) is 3.17. The molecule has 0 spiro atoms. The smallest absolute Gasteiger partial charge is 0.274 e. The lowest BCUT2D eigenvalue weighted by molar-refractivity contribution is 0.0683. The zero-order chi connectivity index (χ0) is 19.0. The van der Waals surface area contributed by atoms with E-state index in [9.17, 15) is 14.7 Å². The van der Waals surface area contributed by atoms with Crippen LogP contribution in [0.1, 0.15) is 16.1 Å². The summed E-state index contributed by atoms with van der Waals surface area (Å²) in [5.41, 5.74) is 0.783. The summed E-state index contributed by atoms with van der Waals surface area (Å²) in [6, 6.07) is 10.5. The van der Waals surface area contributed by atoms with E-state index < -0.39 is 17.1 Å². The molecule has 0 saturated carbocycles. The Morgan fingerprint density at radius 3 is 2.74 bits per heavy atom. The van der Waals surface area contributed by atoms with Gasteiger partial charge in [-0.15, -0.1) is 0 Å². The molecule has 7 nitrogen and oxygen atoms in total. The van der Waals surface area contributed by atoms with E-state index in [-0.39, 0.29) is 11.3 Å². The van der Waals surface area contributed by atoms with Gasteiger partial charge in [-0.05, 0) is 29.8 Å². The van der Waals surface area contributed by atoms with Crippen molar-refractivity contribution in [1.29, 1.82) is 0 Å². The van der Waals surface area contributed by atoms with Crippen LogP contribution >= 0.6 is 11.6 Å². The summed E-state index contributed by atoms with van der Waals surface area (Å²) in [5, 5.41) is 18.7. The molecule has 3 heterocycles. The van der Waals surface area contributed by atoms with E-state index in [1.165, 1.54) is 6.20 Å². The Morgan fingerprint density at radius 1 is 1.15 bits per heavy atom. The summed E-state index contributed by atoms with van der Waals surface area (Å²) in [6.07, 6.45) is 3.05. The molecule has 1 aromatic carbocycles. The number of halogens is 1. The van der Waals surface area contributed by atoms with Gasteiger partial charge in [0, 0.05) is 37.1 Å². The lowest BCUT2D eigenvalue weighted by Gasteiger charge is -2.30. The molecule has 1 N–H and O–H groups in total. The van der Waals surface area contributed by atoms with Crippen LogP contribution in [0.3, 0.4) is 0 Å². The van der Waals surface area contributed by atoms with Crippen LogP contribution < -0.4 is 5.43 Å². The summed E-state index contributed by atoms with van der Waals surface area (Å²) < 4.78 is 1.59. The molecule has 2 aromatic heterocycles. The van der Waals surface area contributed by atoms with Crippen molar-refractivity contribution in [3.05, 3.63) is 75.3 Å². The number of aromatic nitrogens is 3. The van der Waals surface area contributed by atoms with Gasteiger partial charge in [0.05, 0.1) is 11.3 Å². The molecule has 0 radical (unpaired) electrons. The minimum Gasteiger partial charge on any atom is -0.503 e. The van der Waals surface area contributed by atoms with Crippen molar-refractivity contribution in [1.82, 2.24) is 19.7 Å². The van der Waals surface area contributed by atoms with Crippen molar-refractivity contribution >= 4 is 17.5 Å². The molecular weight excluding hydrogens is 368 g/mol. The highest BCUT2D eigenvalue weighted by molar-refractivity contribution is 6.30. The number of carbonyl (C=O) groups is 1. The standard InChI is InChI=1S/C19H15ClN4O3/c20-13-4-1-3-12(9-13)10-24-8-7-23-11-14(15-5-2-6-21-22-15)17(25)18(26)16(23)19(24)27/h1-6,9,11,26H,7-8,10H2. The van der Waals surface area contributed by atoms with Crippen LogP contribution in [0.2, 0.25) is 5.02 Å². The Balaban J connectivity index is 1.71. The molecule has 0 fully saturated rings. The van der Waals surface area contributed by atoms with Gasteiger partial charge in [-0.25, -0.2) is 0 Å². The number of aromatic hydroxyl groups is 1. The number of benzene rings is 1. The van der Waals surface area contributed by atoms with Gasteiger partial charge in [-0.3, -0.25) is 9.59 Å². The molecule has 1 aliphatic rings. The van der Waals surface area contributed by atoms with E-state index in [0.717, 1.165) is 5.56 Å². The van der Waals surface area contributed by atoms with Crippen LogP contribution in [0.5, 0.6) is 5.75 Å². The molecule has 0 unspecified atom stereocenters. The average molecular weight is 383 g/mol. The maximum atomic E-state index is 12.9. The Kier molecular flexibility index (Phi) is 4.37. The molecule has 3 aromatic rings. The van der Waals surface area contributed by atoms with Gasteiger partial charge in [0.25, 0.3) is 5.91 Å². The Morgan fingerprint density at radius 2 is 2.00 bits per heavy atom. The lowest BCUT2D eigenvalue weighted by atomic mass is 10.1. The molecule has 27 heavy (non-hydrogen) atoms. The van der Waals surface area contributed by atoms with Gasteiger partial charge < -0.3 is 14.6 Å². The number of pyridine rings is 1. The first kappa shape index (κ1) is 17.2. The second-order valence-corrected chi connectivity index (χ2v) is 6.66. The van der Waals surface area contributed by atoms with Crippen molar-refractivity contribution < 1.29 is 9.90 Å². The van der Waals surface area contributed by atoms with Crippen LogP contribution in [-0.4, -0.2) is 37.2 Å². The van der Waals surface area contributed by atoms with Crippen LogP contribution in [0.15, 0.2) is 53.6 Å². The van der Waals surface area contributed by atoms with Gasteiger partial charge >= 0.3 is 0 Å². The van der Waals surface area contributed by atoms with Crippen LogP contribution in [0, 0.1) is 0 Å². The van der Waals surface area contributed by atoms with E-state index in [0.29, 0.717) is 30.4 Å². The van der Waals surface area contributed by atoms with Crippen LogP contribution in [-0.2, 0) is 13.1 Å². The zero-order valence-electron chi connectivity index (χ0n) is 14.2. The fourth-order valence-corrected chi connectivity index (χ4v) is 3.38. The maximum absolute atomic E-state index is 12.9. The van der Waals surface area contributed by atoms with E-state index in [1.54, 1.807) is 39.9 Å². The van der Waals surface area contributed by atoms with Gasteiger partial charge in [-0.2, -0.15) is 10.2 Å². The SMILES string of the molecule is O=C1c2c(O)c(=O)c(-c3cccnn3)cn2CCN1Cc1cccc(Cl)c1. The third-order valence-corrected chi connectivity index (χ3v) is 4.70. The fraction of sp³-hybridized carbons (Fsp3) is 0.158. The molecule has 136 valence electrons. The number of carbonyl (C=O) groups excluding carboxylic acids is 1. The normalized spacial score (nSPS) is 13.5. The molecule has 1 aliphatic heterocycles. The van der Waals surface area contributed by atoms with Crippen LogP contribution in [0.4, 0.5) is 0 Å². The van der Waals surface area contributed by atoms with Gasteiger partial charge in [0.15, 0.2) is 11.4 Å². The number of hydrogen-bond donors (Lipinski definition) is 1. The molecule has 0 atom stereocenters. The predicted molar refractivity (Wildman–Crippen MR) is 99.6 cm³/mol. The van der Waals surface area contributed by atoms with Crippen molar-refractivity contribution in [3.63, 3.8) is 0 Å². The first-order chi connectivity index (χ1) is 13.0. The van der Waals surface area contributed by atoms with E-state index >= 15 is 0 Å². The molecule has 1 amide bonds. The second kappa shape index (κ2) is 6.85. The van der Waals surface area contributed by atoms with Gasteiger partial charge in [0.1, 0.15) is 0 Å². The maximum Gasteiger partial charge on any atom is 0.274 e. The average Bonchev–Trinajstić information content (AvgIpc) is 2.67. The third-order valence-electron chi connectivity index (χ3n) is 4.47. The summed E-state index contributed by atoms with van der Waals surface area (Å²) in [4.78, 5) is 27.0. The summed E-state index contributed by atoms with van der Waals surface area (Å²) in [7, 11) is 0. The summed E-state index contributed by atoms with van der Waals surface area (Å²) in [5.74, 6) is -0.972. The minimum atomic E-state index is -0.639. The van der Waals surface area contributed by atoms with Crippen LogP contribution in [0.25, 0.3) is 11.3 Å². The predicted octanol–water partition coefficient (Wildman–Crippen LogP) is 2.32. The van der Waals surface area contributed by atoms with Gasteiger partial charge in [-0.1, -0.05) is 23.7 Å². The molecule has 0 aliphatic carbocycles. The first-order valence-electron chi connectivity index (χ1n) is 8.33. The first-order valence-corrected chi connectivity index (χ1v) is 8.70. The summed E-state index contributed by atoms with van der Waals surface area (Å²) >= 11 is 6.00. The monoisotopic (exact) mass is 382 g/mol. The largest absolute Gasteiger partial charge is 0.503 e. The molecule has 8 heteroatoms. The van der Waals surface area contributed by atoms with E-state index in [1.807, 2.05) is 12.1 Å². The molecule has 4 rings (SSSR count). The molecule has 0 bridgehead atoms. The zero-order valence-corrected chi connectivity index (χ0v) is 14.9. The highest BCUT2D eigenvalue weighted by Gasteiger charge is 2.30. The lowest BCUT2D eigenvalue weighted by Crippen LogP contribution is -2.41. The minimum absolute atomic E-state index is 0.0130. The highest BCUT2D eigenvalue weighted by Crippen LogP contribution is 2.25. The number of nitrogens with zero attached hydrogens (tertiary/aromatic N) is 4. The van der Waals surface area contributed by atoms with E-state index in [2.05, 4.69) is 10.2 Å². The number of rotatable bonds is 3. The Bertz CT molecular complexity index is 1080. The Hall–Kier alpha value is -3.19.